The second-order valence-corrected chi connectivity index (χ2v) is 5.69. The second-order valence-electron chi connectivity index (χ2n) is 5.69. The summed E-state index contributed by atoms with van der Waals surface area (Å²) in [6, 6.07) is 4.06. The topological polar surface area (TPSA) is 58.6 Å². The molecule has 5 nitrogen and oxygen atoms in total. The van der Waals surface area contributed by atoms with Gasteiger partial charge < -0.3 is 15.0 Å². The van der Waals surface area contributed by atoms with Crippen LogP contribution in [0.1, 0.15) is 31.1 Å². The van der Waals surface area contributed by atoms with Crippen LogP contribution in [0, 0.1) is 0 Å². The van der Waals surface area contributed by atoms with Gasteiger partial charge in [0.25, 0.3) is 0 Å². The third kappa shape index (κ3) is 4.47. The number of hydrogen-bond acceptors (Lipinski definition) is 3. The Kier molecular flexibility index (Phi) is 5.48. The van der Waals surface area contributed by atoms with Gasteiger partial charge >= 0.3 is 6.18 Å². The molecule has 2 atom stereocenters. The van der Waals surface area contributed by atoms with E-state index in [0.717, 1.165) is 12.1 Å². The van der Waals surface area contributed by atoms with Gasteiger partial charge in [0.1, 0.15) is 12.1 Å². The number of ether oxygens (including phenoxy) is 1. The first-order chi connectivity index (χ1) is 11.2. The highest BCUT2D eigenvalue weighted by molar-refractivity contribution is 5.86. The van der Waals surface area contributed by atoms with Gasteiger partial charge in [0.2, 0.25) is 11.8 Å². The second kappa shape index (κ2) is 7.21. The Morgan fingerprint density at radius 1 is 1.29 bits per heavy atom. The van der Waals surface area contributed by atoms with Gasteiger partial charge in [-0.25, -0.2) is 0 Å². The molecule has 2 amide bonds. The number of amides is 2. The van der Waals surface area contributed by atoms with Gasteiger partial charge in [-0.1, -0.05) is 12.1 Å². The SMILES string of the molecule is CC(=O)NC(C)C(=O)N1CCOC(c2ccc(C(F)(F)F)cc2)C1. The lowest BCUT2D eigenvalue weighted by molar-refractivity contribution is -0.142. The van der Waals surface area contributed by atoms with Crippen molar-refractivity contribution in [3.05, 3.63) is 35.4 Å². The Morgan fingerprint density at radius 2 is 1.92 bits per heavy atom. The van der Waals surface area contributed by atoms with Crippen LogP contribution in [0.5, 0.6) is 0 Å². The molecule has 1 N–H and O–H groups in total. The Balaban J connectivity index is 2.05. The number of morpholine rings is 1. The van der Waals surface area contributed by atoms with E-state index >= 15 is 0 Å². The zero-order valence-electron chi connectivity index (χ0n) is 13.4. The van der Waals surface area contributed by atoms with Crippen LogP contribution in [0.3, 0.4) is 0 Å². The number of carbonyl (C=O) groups excluding carboxylic acids is 2. The van der Waals surface area contributed by atoms with E-state index in [4.69, 9.17) is 4.74 Å². The Morgan fingerprint density at radius 3 is 2.46 bits per heavy atom. The molecule has 0 saturated carbocycles. The lowest BCUT2D eigenvalue weighted by atomic mass is 10.0. The normalized spacial score (nSPS) is 19.7. The number of rotatable bonds is 3. The number of hydrogen-bond donors (Lipinski definition) is 1. The minimum Gasteiger partial charge on any atom is -0.370 e. The maximum Gasteiger partial charge on any atom is 0.416 e. The lowest BCUT2D eigenvalue weighted by Gasteiger charge is -2.34. The van der Waals surface area contributed by atoms with Gasteiger partial charge in [-0.05, 0) is 24.6 Å². The molecule has 2 rings (SSSR count). The average molecular weight is 344 g/mol. The Labute approximate surface area is 137 Å². The molecular formula is C16H19F3N2O3. The summed E-state index contributed by atoms with van der Waals surface area (Å²) in [5.74, 6) is -0.547. The van der Waals surface area contributed by atoms with Crippen molar-refractivity contribution in [2.75, 3.05) is 19.7 Å². The van der Waals surface area contributed by atoms with Crippen molar-refractivity contribution in [1.29, 1.82) is 0 Å². The first kappa shape index (κ1) is 18.3. The molecule has 0 aliphatic carbocycles. The standard InChI is InChI=1S/C16H19F3N2O3/c1-10(20-11(2)22)15(23)21-7-8-24-14(9-21)12-3-5-13(6-4-12)16(17,18)19/h3-6,10,14H,7-9H2,1-2H3,(H,20,22). The summed E-state index contributed by atoms with van der Waals surface area (Å²) in [7, 11) is 0. The summed E-state index contributed by atoms with van der Waals surface area (Å²) in [6.45, 7) is 3.80. The smallest absolute Gasteiger partial charge is 0.370 e. The maximum atomic E-state index is 12.6. The van der Waals surface area contributed by atoms with E-state index in [1.807, 2.05) is 0 Å². The molecule has 132 valence electrons. The van der Waals surface area contributed by atoms with Crippen LogP contribution in [0.4, 0.5) is 13.2 Å². The third-order valence-electron chi connectivity index (χ3n) is 3.78. The van der Waals surface area contributed by atoms with E-state index in [2.05, 4.69) is 5.32 Å². The number of nitrogens with zero attached hydrogens (tertiary/aromatic N) is 1. The minimum atomic E-state index is -4.39. The van der Waals surface area contributed by atoms with E-state index in [0.29, 0.717) is 12.1 Å². The molecule has 1 fully saturated rings. The van der Waals surface area contributed by atoms with Crippen molar-refractivity contribution in [2.45, 2.75) is 32.2 Å². The van der Waals surface area contributed by atoms with E-state index < -0.39 is 23.9 Å². The molecule has 8 heteroatoms. The van der Waals surface area contributed by atoms with Gasteiger partial charge in [0, 0.05) is 13.5 Å². The lowest BCUT2D eigenvalue weighted by Crippen LogP contribution is -2.50. The summed E-state index contributed by atoms with van der Waals surface area (Å²) >= 11 is 0. The molecule has 1 aliphatic rings. The zero-order chi connectivity index (χ0) is 17.9. The molecule has 1 aromatic rings. The van der Waals surface area contributed by atoms with Gasteiger partial charge in [0.15, 0.2) is 0 Å². The van der Waals surface area contributed by atoms with E-state index in [9.17, 15) is 22.8 Å². The summed E-state index contributed by atoms with van der Waals surface area (Å²) in [5.41, 5.74) is -0.151. The fourth-order valence-corrected chi connectivity index (χ4v) is 2.58. The number of alkyl halides is 3. The molecule has 1 saturated heterocycles. The van der Waals surface area contributed by atoms with E-state index in [-0.39, 0.29) is 25.0 Å². The molecule has 2 unspecified atom stereocenters. The van der Waals surface area contributed by atoms with E-state index in [1.54, 1.807) is 11.8 Å². The molecule has 24 heavy (non-hydrogen) atoms. The van der Waals surface area contributed by atoms with Crippen LogP contribution in [0.25, 0.3) is 0 Å². The van der Waals surface area contributed by atoms with Gasteiger partial charge in [-0.2, -0.15) is 13.2 Å². The number of benzene rings is 1. The molecule has 0 bridgehead atoms. The monoisotopic (exact) mass is 344 g/mol. The summed E-state index contributed by atoms with van der Waals surface area (Å²) < 4.78 is 43.4. The van der Waals surface area contributed by atoms with Crippen LogP contribution in [0.15, 0.2) is 24.3 Å². The molecule has 0 radical (unpaired) electrons. The maximum absolute atomic E-state index is 12.6. The molecule has 1 heterocycles. The number of nitrogens with one attached hydrogen (secondary N) is 1. The number of halogens is 3. The highest BCUT2D eigenvalue weighted by Crippen LogP contribution is 2.31. The summed E-state index contributed by atoms with van der Waals surface area (Å²) in [6.07, 6.45) is -4.88. The van der Waals surface area contributed by atoms with Crippen LogP contribution >= 0.6 is 0 Å². The quantitative estimate of drug-likeness (QED) is 0.914. The van der Waals surface area contributed by atoms with E-state index in [1.165, 1.54) is 19.1 Å². The first-order valence-electron chi connectivity index (χ1n) is 7.53. The van der Waals surface area contributed by atoms with Crippen molar-refractivity contribution in [3.63, 3.8) is 0 Å². The van der Waals surface area contributed by atoms with Crippen LogP contribution in [0.2, 0.25) is 0 Å². The van der Waals surface area contributed by atoms with Crippen molar-refractivity contribution < 1.29 is 27.5 Å². The van der Waals surface area contributed by atoms with Crippen LogP contribution < -0.4 is 5.32 Å². The minimum absolute atomic E-state index is 0.230. The molecule has 1 aliphatic heterocycles. The third-order valence-corrected chi connectivity index (χ3v) is 3.78. The first-order valence-corrected chi connectivity index (χ1v) is 7.53. The van der Waals surface area contributed by atoms with Gasteiger partial charge in [-0.15, -0.1) is 0 Å². The predicted molar refractivity (Wildman–Crippen MR) is 80.0 cm³/mol. The Hall–Kier alpha value is -2.09. The van der Waals surface area contributed by atoms with Crippen molar-refractivity contribution >= 4 is 11.8 Å². The van der Waals surface area contributed by atoms with Gasteiger partial charge in [-0.3, -0.25) is 9.59 Å². The number of carbonyl (C=O) groups is 2. The van der Waals surface area contributed by atoms with Crippen molar-refractivity contribution in [1.82, 2.24) is 10.2 Å². The molecule has 0 aromatic heterocycles. The molecule has 1 aromatic carbocycles. The van der Waals surface area contributed by atoms with Crippen LogP contribution in [-0.4, -0.2) is 42.5 Å². The average Bonchev–Trinajstić information content (AvgIpc) is 2.53. The molecular weight excluding hydrogens is 325 g/mol. The summed E-state index contributed by atoms with van der Waals surface area (Å²) in [4.78, 5) is 24.9. The fraction of sp³-hybridized carbons (Fsp3) is 0.500. The van der Waals surface area contributed by atoms with Gasteiger partial charge in [0.05, 0.1) is 18.7 Å². The highest BCUT2D eigenvalue weighted by atomic mass is 19.4. The largest absolute Gasteiger partial charge is 0.416 e. The summed E-state index contributed by atoms with van der Waals surface area (Å²) in [5, 5.41) is 2.52. The molecule has 0 spiro atoms. The zero-order valence-corrected chi connectivity index (χ0v) is 13.4. The van der Waals surface area contributed by atoms with Crippen molar-refractivity contribution in [2.24, 2.45) is 0 Å². The van der Waals surface area contributed by atoms with Crippen LogP contribution in [-0.2, 0) is 20.5 Å². The Bertz CT molecular complexity index is 602. The predicted octanol–water partition coefficient (Wildman–Crippen LogP) is 2.13. The highest BCUT2D eigenvalue weighted by Gasteiger charge is 2.32. The fourth-order valence-electron chi connectivity index (χ4n) is 2.58. The van der Waals surface area contributed by atoms with Crippen molar-refractivity contribution in [3.8, 4) is 0 Å².